The van der Waals surface area contributed by atoms with Gasteiger partial charge < -0.3 is 19.5 Å². The average Bonchev–Trinajstić information content (AvgIpc) is 3.28. The number of rotatable bonds is 5. The van der Waals surface area contributed by atoms with Crippen LogP contribution in [0.25, 0.3) is 10.9 Å². The van der Waals surface area contributed by atoms with Crippen molar-refractivity contribution in [1.29, 1.82) is 5.26 Å². The topological polar surface area (TPSA) is 102 Å². The van der Waals surface area contributed by atoms with Crippen LogP contribution in [0.5, 0.6) is 0 Å². The maximum atomic E-state index is 13.9. The van der Waals surface area contributed by atoms with E-state index in [-0.39, 0.29) is 5.91 Å². The summed E-state index contributed by atoms with van der Waals surface area (Å²) >= 11 is 6.23. The van der Waals surface area contributed by atoms with Crippen molar-refractivity contribution >= 4 is 40.2 Å². The number of aromatic nitrogens is 2. The van der Waals surface area contributed by atoms with E-state index in [4.69, 9.17) is 16.9 Å². The van der Waals surface area contributed by atoms with Crippen LogP contribution in [-0.2, 0) is 23.3 Å². The van der Waals surface area contributed by atoms with Crippen LogP contribution in [0.3, 0.4) is 0 Å². The van der Waals surface area contributed by atoms with Crippen molar-refractivity contribution in [1.82, 2.24) is 14.5 Å². The Hall–Kier alpha value is -3.57. The second-order valence-corrected chi connectivity index (χ2v) is 9.32. The minimum absolute atomic E-state index is 0.00704. The standard InChI is InChI=1S/C25H24ClN5O3/c26-18-3-4-21-17(13-18)14-19(30(21)10-2-1-8-27)16-31-22-15-28-9-5-20(22)25(23(31)32)6-11-29(12-7-25)24(33)34/h3-5,9,13-15H,1-2,6-7,10-12,16H2,(H,33,34). The molecule has 1 spiro atoms. The number of carboxylic acid groups (broad SMARTS) is 1. The Bertz CT molecular complexity index is 1320. The Morgan fingerprint density at radius 2 is 2.03 bits per heavy atom. The normalized spacial score (nSPS) is 16.8. The summed E-state index contributed by atoms with van der Waals surface area (Å²) in [6.45, 7) is 1.67. The lowest BCUT2D eigenvalue weighted by Crippen LogP contribution is -2.49. The highest BCUT2D eigenvalue weighted by Crippen LogP contribution is 2.48. The third kappa shape index (κ3) is 3.57. The molecule has 4 heterocycles. The number of anilines is 1. The van der Waals surface area contributed by atoms with Crippen LogP contribution in [0, 0.1) is 11.3 Å². The minimum atomic E-state index is -0.951. The zero-order chi connectivity index (χ0) is 23.9. The summed E-state index contributed by atoms with van der Waals surface area (Å²) < 4.78 is 2.16. The smallest absolute Gasteiger partial charge is 0.407 e. The Labute approximate surface area is 202 Å². The molecule has 0 radical (unpaired) electrons. The van der Waals surface area contributed by atoms with Gasteiger partial charge in [0.15, 0.2) is 0 Å². The van der Waals surface area contributed by atoms with Crippen molar-refractivity contribution < 1.29 is 14.7 Å². The maximum Gasteiger partial charge on any atom is 0.407 e. The number of hydrogen-bond donors (Lipinski definition) is 1. The molecule has 0 bridgehead atoms. The number of amides is 2. The number of unbranched alkanes of at least 4 members (excludes halogenated alkanes) is 1. The fourth-order valence-electron chi connectivity index (χ4n) is 5.38. The van der Waals surface area contributed by atoms with Crippen LogP contribution in [-0.4, -0.2) is 44.6 Å². The second kappa shape index (κ2) is 8.65. The maximum absolute atomic E-state index is 13.9. The largest absolute Gasteiger partial charge is 0.465 e. The molecule has 2 aliphatic heterocycles. The minimum Gasteiger partial charge on any atom is -0.465 e. The Morgan fingerprint density at radius 3 is 2.76 bits per heavy atom. The van der Waals surface area contributed by atoms with E-state index < -0.39 is 11.5 Å². The van der Waals surface area contributed by atoms with Gasteiger partial charge in [-0.05, 0) is 55.2 Å². The second-order valence-electron chi connectivity index (χ2n) is 8.89. The SMILES string of the molecule is N#CCCCn1c(CN2C(=O)C3(CCN(C(=O)O)CC3)c3ccncc32)cc2cc(Cl)ccc21. The first kappa shape index (κ1) is 22.2. The van der Waals surface area contributed by atoms with Crippen LogP contribution in [0.1, 0.15) is 36.9 Å². The molecule has 2 aliphatic rings. The van der Waals surface area contributed by atoms with E-state index in [1.165, 1.54) is 4.90 Å². The number of pyridine rings is 1. The number of aryl methyl sites for hydroxylation is 1. The third-order valence-corrected chi connectivity index (χ3v) is 7.32. The van der Waals surface area contributed by atoms with Gasteiger partial charge in [0, 0.05) is 53.9 Å². The zero-order valence-corrected chi connectivity index (χ0v) is 19.3. The Kier molecular flexibility index (Phi) is 5.66. The highest BCUT2D eigenvalue weighted by atomic mass is 35.5. The summed E-state index contributed by atoms with van der Waals surface area (Å²) in [6.07, 6.45) is 4.53. The fourth-order valence-corrected chi connectivity index (χ4v) is 5.56. The first-order valence-corrected chi connectivity index (χ1v) is 11.7. The van der Waals surface area contributed by atoms with Crippen molar-refractivity contribution in [3.8, 4) is 6.07 Å². The Balaban J connectivity index is 1.52. The molecule has 2 amide bonds. The third-order valence-electron chi connectivity index (χ3n) is 7.09. The molecular weight excluding hydrogens is 454 g/mol. The first-order chi connectivity index (χ1) is 16.4. The number of fused-ring (bicyclic) bond motifs is 3. The number of likely N-dealkylation sites (tertiary alicyclic amines) is 1. The van der Waals surface area contributed by atoms with Gasteiger partial charge in [0.05, 0.1) is 29.9 Å². The van der Waals surface area contributed by atoms with Crippen LogP contribution in [0.15, 0.2) is 42.7 Å². The molecule has 8 nitrogen and oxygen atoms in total. The molecule has 1 saturated heterocycles. The van der Waals surface area contributed by atoms with Crippen molar-refractivity contribution in [2.75, 3.05) is 18.0 Å². The molecule has 174 valence electrons. The molecule has 5 rings (SSSR count). The molecule has 0 aliphatic carbocycles. The summed E-state index contributed by atoms with van der Waals surface area (Å²) in [6, 6.07) is 11.9. The summed E-state index contributed by atoms with van der Waals surface area (Å²) in [5, 5.41) is 20.0. The van der Waals surface area contributed by atoms with Crippen molar-refractivity contribution in [2.24, 2.45) is 0 Å². The molecule has 1 N–H and O–H groups in total. The summed E-state index contributed by atoms with van der Waals surface area (Å²) in [5.41, 5.74) is 2.94. The van der Waals surface area contributed by atoms with E-state index in [1.807, 2.05) is 24.3 Å². The van der Waals surface area contributed by atoms with Gasteiger partial charge in [-0.25, -0.2) is 4.79 Å². The van der Waals surface area contributed by atoms with Crippen LogP contribution < -0.4 is 4.90 Å². The number of halogens is 1. The summed E-state index contributed by atoms with van der Waals surface area (Å²) in [7, 11) is 0. The number of carbonyl (C=O) groups is 2. The molecule has 2 aromatic heterocycles. The molecular formula is C25H24ClN5O3. The number of nitrogens with zero attached hydrogens (tertiary/aromatic N) is 5. The number of carbonyl (C=O) groups excluding carboxylic acids is 1. The predicted molar refractivity (Wildman–Crippen MR) is 128 cm³/mol. The van der Waals surface area contributed by atoms with E-state index in [0.717, 1.165) is 27.8 Å². The molecule has 0 atom stereocenters. The van der Waals surface area contributed by atoms with Crippen LogP contribution >= 0.6 is 11.6 Å². The monoisotopic (exact) mass is 477 g/mol. The molecule has 0 saturated carbocycles. The van der Waals surface area contributed by atoms with Gasteiger partial charge in [0.1, 0.15) is 0 Å². The van der Waals surface area contributed by atoms with Gasteiger partial charge in [0.2, 0.25) is 5.91 Å². The molecule has 9 heteroatoms. The zero-order valence-electron chi connectivity index (χ0n) is 18.6. The van der Waals surface area contributed by atoms with Gasteiger partial charge >= 0.3 is 6.09 Å². The van der Waals surface area contributed by atoms with Gasteiger partial charge in [0.25, 0.3) is 0 Å². The predicted octanol–water partition coefficient (Wildman–Crippen LogP) is 4.55. The average molecular weight is 478 g/mol. The first-order valence-electron chi connectivity index (χ1n) is 11.3. The van der Waals surface area contributed by atoms with Gasteiger partial charge in [-0.15, -0.1) is 0 Å². The van der Waals surface area contributed by atoms with Gasteiger partial charge in [-0.2, -0.15) is 5.26 Å². The van der Waals surface area contributed by atoms with E-state index >= 15 is 0 Å². The number of piperidine rings is 1. The summed E-state index contributed by atoms with van der Waals surface area (Å²) in [4.78, 5) is 32.8. The van der Waals surface area contributed by atoms with E-state index in [9.17, 15) is 14.7 Å². The lowest BCUT2D eigenvalue weighted by molar-refractivity contribution is -0.124. The molecule has 1 fully saturated rings. The number of benzene rings is 1. The lowest BCUT2D eigenvalue weighted by atomic mass is 9.74. The highest BCUT2D eigenvalue weighted by Gasteiger charge is 2.52. The van der Waals surface area contributed by atoms with E-state index in [0.29, 0.717) is 56.9 Å². The lowest BCUT2D eigenvalue weighted by Gasteiger charge is -2.37. The van der Waals surface area contributed by atoms with Gasteiger partial charge in [-0.1, -0.05) is 11.6 Å². The summed E-state index contributed by atoms with van der Waals surface area (Å²) in [5.74, 6) is -0.00704. The highest BCUT2D eigenvalue weighted by molar-refractivity contribution is 6.31. The quantitative estimate of drug-likeness (QED) is 0.543. The Morgan fingerprint density at radius 1 is 1.24 bits per heavy atom. The van der Waals surface area contributed by atoms with Gasteiger partial charge in [-0.3, -0.25) is 9.78 Å². The van der Waals surface area contributed by atoms with Crippen molar-refractivity contribution in [3.63, 3.8) is 0 Å². The molecule has 1 aromatic carbocycles. The fraction of sp³-hybridized carbons (Fsp3) is 0.360. The molecule has 34 heavy (non-hydrogen) atoms. The number of nitriles is 1. The molecule has 0 unspecified atom stereocenters. The van der Waals surface area contributed by atoms with E-state index in [1.54, 1.807) is 17.3 Å². The van der Waals surface area contributed by atoms with E-state index in [2.05, 4.69) is 21.7 Å². The van der Waals surface area contributed by atoms with Crippen LogP contribution in [0.4, 0.5) is 10.5 Å². The number of hydrogen-bond acceptors (Lipinski definition) is 4. The molecule has 3 aromatic rings. The van der Waals surface area contributed by atoms with Crippen molar-refractivity contribution in [3.05, 3.63) is 59.0 Å². The van der Waals surface area contributed by atoms with Crippen molar-refractivity contribution in [2.45, 2.75) is 44.2 Å². The van der Waals surface area contributed by atoms with Crippen LogP contribution in [0.2, 0.25) is 5.02 Å².